The Labute approximate surface area is 139 Å². The van der Waals surface area contributed by atoms with E-state index in [0.717, 1.165) is 0 Å². The summed E-state index contributed by atoms with van der Waals surface area (Å²) in [6.45, 7) is 3.49. The summed E-state index contributed by atoms with van der Waals surface area (Å²) in [4.78, 5) is 31.5. The Morgan fingerprint density at radius 1 is 1.20 bits per heavy atom. The van der Waals surface area contributed by atoms with Crippen LogP contribution in [0, 0.1) is 5.92 Å². The van der Waals surface area contributed by atoms with Crippen molar-refractivity contribution >= 4 is 28.0 Å². The van der Waals surface area contributed by atoms with Gasteiger partial charge in [0.25, 0.3) is 5.91 Å². The number of aliphatic carboxylic acids is 1. The first-order chi connectivity index (χ1) is 11.3. The number of sulfonamides is 1. The second-order valence-corrected chi connectivity index (χ2v) is 7.39. The molecule has 2 atom stereocenters. The predicted octanol–water partition coefficient (Wildman–Crippen LogP) is 0.440. The van der Waals surface area contributed by atoms with Crippen LogP contribution < -0.4 is 10.0 Å². The highest BCUT2D eigenvalue weighted by Gasteiger charge is 2.61. The maximum absolute atomic E-state index is 11.9. The summed E-state index contributed by atoms with van der Waals surface area (Å²) in [5, 5.41) is 17.4. The summed E-state index contributed by atoms with van der Waals surface area (Å²) < 4.78 is 56.9. The van der Waals surface area contributed by atoms with Gasteiger partial charge in [-0.3, -0.25) is 9.52 Å². The van der Waals surface area contributed by atoms with E-state index in [1.807, 2.05) is 4.72 Å². The topological polar surface area (TPSA) is 150 Å². The molecule has 25 heavy (non-hydrogen) atoms. The maximum Gasteiger partial charge on any atom is 0.490 e. The highest BCUT2D eigenvalue weighted by molar-refractivity contribution is 7.90. The molecule has 0 spiro atoms. The van der Waals surface area contributed by atoms with Gasteiger partial charge >= 0.3 is 18.2 Å². The number of carbonyl (C=O) groups is 3. The number of carboxylic acid groups (broad SMARTS) is 2. The van der Waals surface area contributed by atoms with Gasteiger partial charge in [0.15, 0.2) is 0 Å². The van der Waals surface area contributed by atoms with Crippen LogP contribution in [0.1, 0.15) is 19.3 Å². The highest BCUT2D eigenvalue weighted by atomic mass is 32.2. The second kappa shape index (κ2) is 6.90. The molecular weight excluding hydrogens is 373 g/mol. The fourth-order valence-corrected chi connectivity index (χ4v) is 3.27. The molecule has 4 N–H and O–H groups in total. The van der Waals surface area contributed by atoms with Gasteiger partial charge in [0.1, 0.15) is 5.54 Å². The van der Waals surface area contributed by atoms with E-state index >= 15 is 0 Å². The molecule has 0 aromatic heterocycles. The number of halogens is 3. The van der Waals surface area contributed by atoms with Gasteiger partial charge in [0.05, 0.1) is 5.25 Å². The molecular formula is C12H15F3N2O7S. The number of hydrogen-bond donors (Lipinski definition) is 4. The lowest BCUT2D eigenvalue weighted by atomic mass is 10.2. The molecule has 0 aromatic rings. The molecule has 2 fully saturated rings. The van der Waals surface area contributed by atoms with Crippen LogP contribution in [0.5, 0.6) is 0 Å². The van der Waals surface area contributed by atoms with E-state index in [0.29, 0.717) is 12.8 Å². The van der Waals surface area contributed by atoms with E-state index in [1.165, 1.54) is 6.08 Å². The third-order valence-corrected chi connectivity index (χ3v) is 5.29. The molecule has 2 amide bonds. The Balaban J connectivity index is 0.000000381. The van der Waals surface area contributed by atoms with Crippen molar-refractivity contribution in [1.82, 2.24) is 10.0 Å². The molecule has 0 radical (unpaired) electrons. The van der Waals surface area contributed by atoms with Crippen LogP contribution in [-0.4, -0.2) is 53.6 Å². The van der Waals surface area contributed by atoms with Crippen LogP contribution >= 0.6 is 0 Å². The normalized spacial score (nSPS) is 25.0. The molecule has 0 saturated heterocycles. The van der Waals surface area contributed by atoms with Crippen LogP contribution in [0.25, 0.3) is 0 Å². The molecule has 0 heterocycles. The standard InChI is InChI=1S/C10H14N2O5S.C2HF3O2/c1-2-6-5-10(6,11-9(14)15)8(13)12-18(16,17)7-3-4-7;3-2(4,5)1(6)7/h2,6-7,11H,1,3-5H2,(H,12,13)(H,14,15);(H,6,7). The quantitative estimate of drug-likeness (QED) is 0.499. The van der Waals surface area contributed by atoms with E-state index in [9.17, 15) is 31.2 Å². The maximum atomic E-state index is 11.9. The first-order valence-electron chi connectivity index (χ1n) is 6.76. The van der Waals surface area contributed by atoms with E-state index < -0.39 is 45.0 Å². The molecule has 13 heteroatoms. The van der Waals surface area contributed by atoms with Crippen molar-refractivity contribution in [1.29, 1.82) is 0 Å². The van der Waals surface area contributed by atoms with E-state index in [1.54, 1.807) is 0 Å². The molecule has 2 unspecified atom stereocenters. The van der Waals surface area contributed by atoms with Crippen molar-refractivity contribution in [3.8, 4) is 0 Å². The third-order valence-electron chi connectivity index (χ3n) is 3.48. The minimum Gasteiger partial charge on any atom is -0.475 e. The summed E-state index contributed by atoms with van der Waals surface area (Å²) >= 11 is 0. The van der Waals surface area contributed by atoms with Crippen molar-refractivity contribution in [3.05, 3.63) is 12.7 Å². The van der Waals surface area contributed by atoms with Crippen molar-refractivity contribution in [2.45, 2.75) is 36.2 Å². The number of carboxylic acids is 1. The monoisotopic (exact) mass is 388 g/mol. The van der Waals surface area contributed by atoms with Crippen LogP contribution in [0.3, 0.4) is 0 Å². The number of amides is 2. The zero-order chi connectivity index (χ0) is 19.6. The lowest BCUT2D eigenvalue weighted by Crippen LogP contribution is -2.52. The average molecular weight is 388 g/mol. The zero-order valence-corrected chi connectivity index (χ0v) is 13.4. The van der Waals surface area contributed by atoms with Crippen molar-refractivity contribution in [2.24, 2.45) is 5.92 Å². The van der Waals surface area contributed by atoms with Gasteiger partial charge in [-0.2, -0.15) is 13.2 Å². The zero-order valence-electron chi connectivity index (χ0n) is 12.5. The first-order valence-corrected chi connectivity index (χ1v) is 8.30. The number of nitrogens with one attached hydrogen (secondary N) is 2. The summed E-state index contributed by atoms with van der Waals surface area (Å²) in [7, 11) is -3.66. The van der Waals surface area contributed by atoms with Crippen molar-refractivity contribution < 1.29 is 46.2 Å². The summed E-state index contributed by atoms with van der Waals surface area (Å²) in [5.41, 5.74) is -1.38. The van der Waals surface area contributed by atoms with E-state index in [4.69, 9.17) is 15.0 Å². The van der Waals surface area contributed by atoms with Gasteiger partial charge in [-0.1, -0.05) is 6.08 Å². The highest BCUT2D eigenvalue weighted by Crippen LogP contribution is 2.45. The lowest BCUT2D eigenvalue weighted by molar-refractivity contribution is -0.192. The number of rotatable bonds is 5. The van der Waals surface area contributed by atoms with Gasteiger partial charge in [-0.05, 0) is 19.3 Å². The van der Waals surface area contributed by atoms with Crippen LogP contribution in [-0.2, 0) is 19.6 Å². The van der Waals surface area contributed by atoms with Gasteiger partial charge < -0.3 is 15.5 Å². The fraction of sp³-hybridized carbons (Fsp3) is 0.583. The smallest absolute Gasteiger partial charge is 0.475 e. The number of carbonyl (C=O) groups excluding carboxylic acids is 1. The Kier molecular flexibility index (Phi) is 5.72. The Hall–Kier alpha value is -2.31. The minimum absolute atomic E-state index is 0.231. The molecule has 0 bridgehead atoms. The first kappa shape index (κ1) is 20.7. The molecule has 0 aliphatic heterocycles. The minimum atomic E-state index is -5.08. The van der Waals surface area contributed by atoms with Gasteiger partial charge in [0.2, 0.25) is 10.0 Å². The lowest BCUT2D eigenvalue weighted by Gasteiger charge is -2.16. The number of hydrogen-bond acceptors (Lipinski definition) is 5. The number of alkyl halides is 3. The molecule has 9 nitrogen and oxygen atoms in total. The van der Waals surface area contributed by atoms with Crippen molar-refractivity contribution in [3.63, 3.8) is 0 Å². The van der Waals surface area contributed by atoms with E-state index in [2.05, 4.69) is 11.9 Å². The van der Waals surface area contributed by atoms with E-state index in [-0.39, 0.29) is 12.3 Å². The molecule has 2 saturated carbocycles. The SMILES string of the molecule is C=CC1CC1(NC(=O)O)C(=O)NS(=O)(=O)C1CC1.O=C(O)C(F)(F)F. The fourth-order valence-electron chi connectivity index (χ4n) is 1.91. The van der Waals surface area contributed by atoms with Gasteiger partial charge in [-0.25, -0.2) is 18.0 Å². The van der Waals surface area contributed by atoms with Gasteiger partial charge in [-0.15, -0.1) is 6.58 Å². The average Bonchev–Trinajstić information content (AvgIpc) is 3.31. The van der Waals surface area contributed by atoms with Crippen LogP contribution in [0.2, 0.25) is 0 Å². The predicted molar refractivity (Wildman–Crippen MR) is 76.0 cm³/mol. The Morgan fingerprint density at radius 3 is 1.96 bits per heavy atom. The Morgan fingerprint density at radius 2 is 1.68 bits per heavy atom. The molecule has 142 valence electrons. The van der Waals surface area contributed by atoms with Crippen molar-refractivity contribution in [2.75, 3.05) is 0 Å². The molecule has 0 aromatic carbocycles. The summed E-state index contributed by atoms with van der Waals surface area (Å²) in [6.07, 6.45) is -3.70. The van der Waals surface area contributed by atoms with Crippen LogP contribution in [0.15, 0.2) is 12.7 Å². The Bertz CT molecular complexity index is 687. The summed E-state index contributed by atoms with van der Waals surface area (Å²) in [6, 6.07) is 0. The molecule has 2 aliphatic carbocycles. The van der Waals surface area contributed by atoms with Gasteiger partial charge in [0, 0.05) is 5.92 Å². The summed E-state index contributed by atoms with van der Waals surface area (Å²) in [5.74, 6) is -3.95. The second-order valence-electron chi connectivity index (χ2n) is 5.43. The molecule has 2 aliphatic rings. The molecule has 2 rings (SSSR count). The van der Waals surface area contributed by atoms with Crippen LogP contribution in [0.4, 0.5) is 18.0 Å². The third kappa shape index (κ3) is 5.34. The largest absolute Gasteiger partial charge is 0.490 e.